The first-order chi connectivity index (χ1) is 11.9. The van der Waals surface area contributed by atoms with Gasteiger partial charge in [0.2, 0.25) is 0 Å². The molecule has 0 unspecified atom stereocenters. The van der Waals surface area contributed by atoms with Crippen molar-refractivity contribution in [2.45, 2.75) is 43.4 Å². The van der Waals surface area contributed by atoms with Crippen LogP contribution in [0.1, 0.15) is 29.5 Å². The minimum atomic E-state index is -0.397. The van der Waals surface area contributed by atoms with Gasteiger partial charge in [-0.3, -0.25) is 14.3 Å². The molecule has 25 heavy (non-hydrogen) atoms. The molecule has 0 radical (unpaired) electrons. The van der Waals surface area contributed by atoms with Crippen LogP contribution < -0.4 is 16.6 Å². The van der Waals surface area contributed by atoms with E-state index in [4.69, 9.17) is 11.6 Å². The predicted molar refractivity (Wildman–Crippen MR) is 103 cm³/mol. The molecule has 7 heteroatoms. The number of hydrogen-bond donors (Lipinski definition) is 2. The Kier molecular flexibility index (Phi) is 5.71. The van der Waals surface area contributed by atoms with Gasteiger partial charge >= 0.3 is 5.69 Å². The van der Waals surface area contributed by atoms with Gasteiger partial charge in [0.25, 0.3) is 5.56 Å². The smallest absolute Gasteiger partial charge is 0.317 e. The Morgan fingerprint density at radius 1 is 1.20 bits per heavy atom. The fourth-order valence-electron chi connectivity index (χ4n) is 3.08. The number of H-pyrrole nitrogens is 1. The van der Waals surface area contributed by atoms with E-state index < -0.39 is 5.69 Å². The van der Waals surface area contributed by atoms with Gasteiger partial charge in [-0.2, -0.15) is 0 Å². The quantitative estimate of drug-likeness (QED) is 0.857. The first kappa shape index (κ1) is 18.3. The largest absolute Gasteiger partial charge is 0.328 e. The normalized spacial score (nSPS) is 15.5. The van der Waals surface area contributed by atoms with Crippen LogP contribution in [0.2, 0.25) is 5.02 Å². The highest BCUT2D eigenvalue weighted by atomic mass is 35.5. The lowest BCUT2D eigenvalue weighted by molar-refractivity contribution is 0.531. The lowest BCUT2D eigenvalue weighted by Gasteiger charge is -2.24. The van der Waals surface area contributed by atoms with Crippen LogP contribution in [0.15, 0.2) is 32.8 Å². The lowest BCUT2D eigenvalue weighted by atomic mass is 10.1. The Morgan fingerprint density at radius 3 is 2.64 bits per heavy atom. The van der Waals surface area contributed by atoms with E-state index in [9.17, 15) is 9.59 Å². The van der Waals surface area contributed by atoms with Gasteiger partial charge in [-0.1, -0.05) is 11.6 Å². The number of rotatable bonds is 4. The number of thioether (sulfide) groups is 1. The molecular weight excluding hydrogens is 358 g/mol. The molecular formula is C18H22ClN3O2S. The lowest BCUT2D eigenvalue weighted by Crippen LogP contribution is -2.31. The van der Waals surface area contributed by atoms with Gasteiger partial charge in [-0.15, -0.1) is 11.8 Å². The summed E-state index contributed by atoms with van der Waals surface area (Å²) in [7, 11) is 0. The minimum Gasteiger partial charge on any atom is -0.317 e. The number of nitrogens with zero attached hydrogens (tertiary/aromatic N) is 1. The standard InChI is InChI=1S/C18H22ClN3O2S/c1-11-7-14(19)8-13(16(11)25-15-3-5-20-6-4-15)10-22-9-12(2)17(23)21-18(22)24/h7-9,15,20H,3-6,10H2,1-2H3,(H,21,23,24). The zero-order chi connectivity index (χ0) is 18.0. The van der Waals surface area contributed by atoms with Gasteiger partial charge < -0.3 is 5.32 Å². The molecule has 0 bridgehead atoms. The third-order valence-electron chi connectivity index (χ3n) is 4.42. The van der Waals surface area contributed by atoms with Gasteiger partial charge in [-0.05, 0) is 63.0 Å². The molecule has 0 atom stereocenters. The molecule has 2 N–H and O–H groups in total. The molecule has 134 valence electrons. The van der Waals surface area contributed by atoms with Crippen molar-refractivity contribution in [2.24, 2.45) is 0 Å². The molecule has 3 rings (SSSR count). The van der Waals surface area contributed by atoms with Crippen LogP contribution in [-0.2, 0) is 6.54 Å². The topological polar surface area (TPSA) is 66.9 Å². The third-order valence-corrected chi connectivity index (χ3v) is 6.26. The fraction of sp³-hybridized carbons (Fsp3) is 0.444. The van der Waals surface area contributed by atoms with Crippen LogP contribution in [-0.4, -0.2) is 27.9 Å². The molecule has 0 spiro atoms. The van der Waals surface area contributed by atoms with Gasteiger partial charge in [0.05, 0.1) is 6.54 Å². The average Bonchev–Trinajstić information content (AvgIpc) is 2.56. The summed E-state index contributed by atoms with van der Waals surface area (Å²) < 4.78 is 1.54. The highest BCUT2D eigenvalue weighted by Crippen LogP contribution is 2.35. The van der Waals surface area contributed by atoms with E-state index in [1.54, 1.807) is 13.1 Å². The zero-order valence-electron chi connectivity index (χ0n) is 14.4. The van der Waals surface area contributed by atoms with Crippen molar-refractivity contribution in [3.05, 3.63) is 60.9 Å². The molecule has 1 aromatic heterocycles. The molecule has 0 aliphatic carbocycles. The van der Waals surface area contributed by atoms with Crippen molar-refractivity contribution in [2.75, 3.05) is 13.1 Å². The van der Waals surface area contributed by atoms with E-state index in [2.05, 4.69) is 17.2 Å². The summed E-state index contributed by atoms with van der Waals surface area (Å²) in [4.78, 5) is 27.3. The van der Waals surface area contributed by atoms with Crippen molar-refractivity contribution in [3.63, 3.8) is 0 Å². The maximum absolute atomic E-state index is 12.1. The highest BCUT2D eigenvalue weighted by molar-refractivity contribution is 8.00. The Balaban J connectivity index is 1.96. The molecule has 2 heterocycles. The second-order valence-corrected chi connectivity index (χ2v) is 8.22. The summed E-state index contributed by atoms with van der Waals surface area (Å²) in [6, 6.07) is 3.89. The van der Waals surface area contributed by atoms with Gasteiger partial charge in [0, 0.05) is 26.9 Å². The van der Waals surface area contributed by atoms with Crippen LogP contribution in [0.3, 0.4) is 0 Å². The molecule has 1 fully saturated rings. The number of piperidine rings is 1. The maximum atomic E-state index is 12.1. The SMILES string of the molecule is Cc1cc(Cl)cc(Cn2cc(C)c(=O)[nH]c2=O)c1SC1CCNCC1. The first-order valence-corrected chi connectivity index (χ1v) is 9.66. The number of aryl methyl sites for hydroxylation is 2. The summed E-state index contributed by atoms with van der Waals surface area (Å²) in [5.41, 5.74) is 1.92. The van der Waals surface area contributed by atoms with Crippen molar-refractivity contribution in [3.8, 4) is 0 Å². The molecule has 5 nitrogen and oxygen atoms in total. The fourth-order valence-corrected chi connectivity index (χ4v) is 4.70. The van der Waals surface area contributed by atoms with Crippen LogP contribution >= 0.6 is 23.4 Å². The molecule has 1 aliphatic heterocycles. The summed E-state index contributed by atoms with van der Waals surface area (Å²) in [6.07, 6.45) is 3.87. The number of halogens is 1. The van der Waals surface area contributed by atoms with E-state index in [1.807, 2.05) is 23.9 Å². The van der Waals surface area contributed by atoms with Crippen molar-refractivity contribution in [1.82, 2.24) is 14.9 Å². The molecule has 0 saturated carbocycles. The summed E-state index contributed by atoms with van der Waals surface area (Å²) in [5.74, 6) is 0. The number of aromatic amines is 1. The highest BCUT2D eigenvalue weighted by Gasteiger charge is 2.18. The maximum Gasteiger partial charge on any atom is 0.328 e. The second kappa shape index (κ2) is 7.81. The number of aromatic nitrogens is 2. The number of hydrogen-bond acceptors (Lipinski definition) is 4. The van der Waals surface area contributed by atoms with Gasteiger partial charge in [0.15, 0.2) is 0 Å². The molecule has 1 aliphatic rings. The van der Waals surface area contributed by atoms with Crippen LogP contribution in [0.25, 0.3) is 0 Å². The van der Waals surface area contributed by atoms with Crippen LogP contribution in [0, 0.1) is 13.8 Å². The van der Waals surface area contributed by atoms with Gasteiger partial charge in [-0.25, -0.2) is 4.79 Å². The molecule has 2 aromatic rings. The number of nitrogens with one attached hydrogen (secondary N) is 2. The molecule has 1 saturated heterocycles. The Labute approximate surface area is 155 Å². The molecule has 0 amide bonds. The molecule has 1 aromatic carbocycles. The first-order valence-electron chi connectivity index (χ1n) is 8.41. The van der Waals surface area contributed by atoms with Crippen molar-refractivity contribution < 1.29 is 0 Å². The summed E-state index contributed by atoms with van der Waals surface area (Å²) in [6.45, 7) is 6.23. The summed E-state index contributed by atoms with van der Waals surface area (Å²) >= 11 is 8.14. The van der Waals surface area contributed by atoms with E-state index in [1.165, 1.54) is 9.46 Å². The summed E-state index contributed by atoms with van der Waals surface area (Å²) in [5, 5.41) is 4.61. The van der Waals surface area contributed by atoms with Gasteiger partial charge in [0.1, 0.15) is 0 Å². The van der Waals surface area contributed by atoms with Crippen LogP contribution in [0.5, 0.6) is 0 Å². The Morgan fingerprint density at radius 2 is 1.92 bits per heavy atom. The monoisotopic (exact) mass is 379 g/mol. The van der Waals surface area contributed by atoms with Crippen molar-refractivity contribution >= 4 is 23.4 Å². The van der Waals surface area contributed by atoms with E-state index in [-0.39, 0.29) is 5.56 Å². The Hall–Kier alpha value is -1.50. The number of benzene rings is 1. The second-order valence-electron chi connectivity index (χ2n) is 6.48. The van der Waals surface area contributed by atoms with E-state index in [0.29, 0.717) is 22.4 Å². The third kappa shape index (κ3) is 4.37. The van der Waals surface area contributed by atoms with Crippen LogP contribution in [0.4, 0.5) is 0 Å². The predicted octanol–water partition coefficient (Wildman–Crippen LogP) is 2.70. The van der Waals surface area contributed by atoms with E-state index >= 15 is 0 Å². The Bertz CT molecular complexity index is 885. The minimum absolute atomic E-state index is 0.340. The van der Waals surface area contributed by atoms with E-state index in [0.717, 1.165) is 37.1 Å². The zero-order valence-corrected chi connectivity index (χ0v) is 16.0. The average molecular weight is 380 g/mol. The van der Waals surface area contributed by atoms with Crippen molar-refractivity contribution in [1.29, 1.82) is 0 Å².